The SMILES string of the molecule is Cl.Cl.O=C(Nc1ncccn1)C1CCc2[nH]cnc2C1. The van der Waals surface area contributed by atoms with Gasteiger partial charge in [-0.2, -0.15) is 0 Å². The Balaban J connectivity index is 0.000001000. The molecule has 3 rings (SSSR count). The number of nitrogens with one attached hydrogen (secondary N) is 2. The molecule has 2 aromatic rings. The molecule has 1 aliphatic carbocycles. The minimum Gasteiger partial charge on any atom is -0.348 e. The molecular formula is C12H15Cl2N5O. The van der Waals surface area contributed by atoms with Gasteiger partial charge in [-0.05, 0) is 18.9 Å². The van der Waals surface area contributed by atoms with Gasteiger partial charge in [-0.3, -0.25) is 10.1 Å². The van der Waals surface area contributed by atoms with Gasteiger partial charge in [-0.1, -0.05) is 0 Å². The van der Waals surface area contributed by atoms with Gasteiger partial charge >= 0.3 is 0 Å². The normalized spacial score (nSPS) is 16.3. The number of aromatic nitrogens is 4. The third-order valence-electron chi connectivity index (χ3n) is 3.16. The molecule has 2 N–H and O–H groups in total. The van der Waals surface area contributed by atoms with Crippen LogP contribution in [0.25, 0.3) is 0 Å². The molecule has 1 amide bonds. The Morgan fingerprint density at radius 2 is 2.00 bits per heavy atom. The highest BCUT2D eigenvalue weighted by Gasteiger charge is 2.26. The van der Waals surface area contributed by atoms with Crippen LogP contribution >= 0.6 is 24.8 Å². The molecule has 108 valence electrons. The van der Waals surface area contributed by atoms with Gasteiger partial charge in [0, 0.05) is 30.4 Å². The molecule has 6 nitrogen and oxygen atoms in total. The lowest BCUT2D eigenvalue weighted by Gasteiger charge is -2.19. The lowest BCUT2D eigenvalue weighted by molar-refractivity contribution is -0.120. The first kappa shape index (κ1) is 16.4. The highest BCUT2D eigenvalue weighted by Crippen LogP contribution is 2.23. The first-order valence-electron chi connectivity index (χ1n) is 5.92. The molecule has 1 atom stereocenters. The number of aryl methyl sites for hydroxylation is 1. The van der Waals surface area contributed by atoms with Gasteiger partial charge < -0.3 is 4.98 Å². The second-order valence-corrected chi connectivity index (χ2v) is 4.33. The van der Waals surface area contributed by atoms with Crippen LogP contribution in [-0.4, -0.2) is 25.8 Å². The van der Waals surface area contributed by atoms with Crippen LogP contribution in [0.5, 0.6) is 0 Å². The number of carbonyl (C=O) groups excluding carboxylic acids is 1. The molecule has 1 aliphatic rings. The number of rotatable bonds is 2. The van der Waals surface area contributed by atoms with Crippen LogP contribution < -0.4 is 5.32 Å². The smallest absolute Gasteiger partial charge is 0.230 e. The summed E-state index contributed by atoms with van der Waals surface area (Å²) in [5.74, 6) is 0.273. The summed E-state index contributed by atoms with van der Waals surface area (Å²) in [5.41, 5.74) is 2.14. The van der Waals surface area contributed by atoms with Crippen LogP contribution in [0.2, 0.25) is 0 Å². The van der Waals surface area contributed by atoms with Gasteiger partial charge in [0.2, 0.25) is 11.9 Å². The van der Waals surface area contributed by atoms with Gasteiger partial charge in [-0.15, -0.1) is 24.8 Å². The molecule has 0 spiro atoms. The number of H-pyrrole nitrogens is 1. The first-order valence-corrected chi connectivity index (χ1v) is 5.92. The van der Waals surface area contributed by atoms with E-state index in [4.69, 9.17) is 0 Å². The first-order chi connectivity index (χ1) is 8.83. The molecule has 0 fully saturated rings. The molecule has 2 heterocycles. The molecule has 0 aromatic carbocycles. The van der Waals surface area contributed by atoms with Crippen molar-refractivity contribution in [2.75, 3.05) is 5.32 Å². The molecular weight excluding hydrogens is 301 g/mol. The van der Waals surface area contributed by atoms with E-state index in [1.807, 2.05) is 0 Å². The Morgan fingerprint density at radius 3 is 2.75 bits per heavy atom. The standard InChI is InChI=1S/C12H13N5O.2ClH/c18-11(17-12-13-4-1-5-14-12)8-2-3-9-10(6-8)16-7-15-9;;/h1,4-5,7-8H,2-3,6H2,(H,15,16)(H,13,14,17,18);2*1H. The molecule has 0 saturated heterocycles. The highest BCUT2D eigenvalue weighted by molar-refractivity contribution is 5.91. The van der Waals surface area contributed by atoms with Crippen molar-refractivity contribution in [3.05, 3.63) is 36.2 Å². The number of anilines is 1. The topological polar surface area (TPSA) is 83.6 Å². The summed E-state index contributed by atoms with van der Waals surface area (Å²) in [6.45, 7) is 0. The van der Waals surface area contributed by atoms with Crippen LogP contribution in [0.4, 0.5) is 5.95 Å². The number of aromatic amines is 1. The number of nitrogens with zero attached hydrogens (tertiary/aromatic N) is 3. The Labute approximate surface area is 128 Å². The Morgan fingerprint density at radius 1 is 1.25 bits per heavy atom. The van der Waals surface area contributed by atoms with Crippen molar-refractivity contribution >= 4 is 36.7 Å². The summed E-state index contributed by atoms with van der Waals surface area (Å²) in [5, 5.41) is 2.74. The summed E-state index contributed by atoms with van der Waals surface area (Å²) in [6, 6.07) is 1.71. The predicted octanol–water partition coefficient (Wildman–Crippen LogP) is 1.79. The van der Waals surface area contributed by atoms with Crippen LogP contribution in [0, 0.1) is 5.92 Å². The number of fused-ring (bicyclic) bond motifs is 1. The molecule has 0 bridgehead atoms. The van der Waals surface area contributed by atoms with Gasteiger partial charge in [0.05, 0.1) is 12.0 Å². The number of halogens is 2. The van der Waals surface area contributed by atoms with E-state index in [0.29, 0.717) is 12.4 Å². The fraction of sp³-hybridized carbons (Fsp3) is 0.333. The fourth-order valence-corrected chi connectivity index (χ4v) is 2.20. The second kappa shape index (κ2) is 7.21. The molecule has 2 aromatic heterocycles. The summed E-state index contributed by atoms with van der Waals surface area (Å²) < 4.78 is 0. The van der Waals surface area contributed by atoms with E-state index in [-0.39, 0.29) is 36.6 Å². The summed E-state index contributed by atoms with van der Waals surface area (Å²) in [7, 11) is 0. The number of carbonyl (C=O) groups is 1. The fourth-order valence-electron chi connectivity index (χ4n) is 2.20. The van der Waals surface area contributed by atoms with Gasteiger partial charge in [0.25, 0.3) is 0 Å². The quantitative estimate of drug-likeness (QED) is 0.885. The monoisotopic (exact) mass is 315 g/mol. The minimum atomic E-state index is -0.0513. The van der Waals surface area contributed by atoms with Crippen molar-refractivity contribution < 1.29 is 4.79 Å². The van der Waals surface area contributed by atoms with Crippen LogP contribution in [0.1, 0.15) is 17.8 Å². The van der Waals surface area contributed by atoms with E-state index in [2.05, 4.69) is 25.3 Å². The van der Waals surface area contributed by atoms with Crippen molar-refractivity contribution in [1.29, 1.82) is 0 Å². The van der Waals surface area contributed by atoms with E-state index in [1.54, 1.807) is 24.8 Å². The predicted molar refractivity (Wildman–Crippen MR) is 79.3 cm³/mol. The maximum Gasteiger partial charge on any atom is 0.230 e. The number of imidazole rings is 1. The molecule has 0 saturated carbocycles. The highest BCUT2D eigenvalue weighted by atomic mass is 35.5. The van der Waals surface area contributed by atoms with E-state index in [1.165, 1.54) is 0 Å². The average Bonchev–Trinajstić information content (AvgIpc) is 2.87. The maximum absolute atomic E-state index is 12.1. The number of amides is 1. The zero-order chi connectivity index (χ0) is 12.4. The molecule has 0 radical (unpaired) electrons. The minimum absolute atomic E-state index is 0. The zero-order valence-electron chi connectivity index (χ0n) is 10.6. The van der Waals surface area contributed by atoms with E-state index >= 15 is 0 Å². The lowest BCUT2D eigenvalue weighted by Crippen LogP contribution is -2.28. The van der Waals surface area contributed by atoms with Gasteiger partial charge in [0.1, 0.15) is 0 Å². The summed E-state index contributed by atoms with van der Waals surface area (Å²) in [6.07, 6.45) is 7.27. The molecule has 0 aliphatic heterocycles. The summed E-state index contributed by atoms with van der Waals surface area (Å²) >= 11 is 0. The Bertz CT molecular complexity index is 560. The van der Waals surface area contributed by atoms with Gasteiger partial charge in [0.15, 0.2) is 0 Å². The zero-order valence-corrected chi connectivity index (χ0v) is 12.2. The number of hydrogen-bond acceptors (Lipinski definition) is 4. The van der Waals surface area contributed by atoms with Gasteiger partial charge in [-0.25, -0.2) is 15.0 Å². The van der Waals surface area contributed by atoms with E-state index in [9.17, 15) is 4.79 Å². The maximum atomic E-state index is 12.1. The van der Waals surface area contributed by atoms with Crippen molar-refractivity contribution in [1.82, 2.24) is 19.9 Å². The lowest BCUT2D eigenvalue weighted by atomic mass is 9.89. The average molecular weight is 316 g/mol. The Hall–Kier alpha value is -1.66. The molecule has 8 heteroatoms. The number of hydrogen-bond donors (Lipinski definition) is 2. The molecule has 1 unspecified atom stereocenters. The van der Waals surface area contributed by atoms with E-state index in [0.717, 1.165) is 24.2 Å². The van der Waals surface area contributed by atoms with Crippen LogP contribution in [-0.2, 0) is 17.6 Å². The largest absolute Gasteiger partial charge is 0.348 e. The summed E-state index contributed by atoms with van der Waals surface area (Å²) in [4.78, 5) is 27.4. The van der Waals surface area contributed by atoms with E-state index < -0.39 is 0 Å². The van der Waals surface area contributed by atoms with Crippen molar-refractivity contribution in [2.24, 2.45) is 5.92 Å². The van der Waals surface area contributed by atoms with Crippen molar-refractivity contribution in [3.8, 4) is 0 Å². The third kappa shape index (κ3) is 3.46. The second-order valence-electron chi connectivity index (χ2n) is 4.33. The Kier molecular flexibility index (Phi) is 5.91. The van der Waals surface area contributed by atoms with Crippen LogP contribution in [0.15, 0.2) is 24.8 Å². The van der Waals surface area contributed by atoms with Crippen molar-refractivity contribution in [2.45, 2.75) is 19.3 Å². The molecule has 20 heavy (non-hydrogen) atoms. The third-order valence-corrected chi connectivity index (χ3v) is 3.16. The van der Waals surface area contributed by atoms with Crippen molar-refractivity contribution in [3.63, 3.8) is 0 Å². The van der Waals surface area contributed by atoms with Crippen LogP contribution in [0.3, 0.4) is 0 Å².